The van der Waals surface area contributed by atoms with Crippen LogP contribution >= 0.6 is 0 Å². The molecule has 2 atom stereocenters. The molecule has 0 saturated carbocycles. The van der Waals surface area contributed by atoms with Crippen LogP contribution in [0.25, 0.3) is 0 Å². The van der Waals surface area contributed by atoms with Crippen molar-refractivity contribution >= 4 is 17.8 Å². The number of rotatable bonds is 9. The summed E-state index contributed by atoms with van der Waals surface area (Å²) in [6.45, 7) is 5.93. The molecule has 3 N–H and O–H groups in total. The van der Waals surface area contributed by atoms with Gasteiger partial charge in [-0.3, -0.25) is 19.7 Å². The van der Waals surface area contributed by atoms with Crippen molar-refractivity contribution in [2.75, 3.05) is 26.3 Å². The fourth-order valence-corrected chi connectivity index (χ4v) is 3.14. The molecule has 1 amide bonds. The molecule has 0 radical (unpaired) electrons. The number of carbonyl (C=O) groups is 3. The molecule has 0 spiro atoms. The van der Waals surface area contributed by atoms with E-state index in [1.54, 1.807) is 29.2 Å². The molecule has 28 heavy (non-hydrogen) atoms. The van der Waals surface area contributed by atoms with Crippen molar-refractivity contribution < 1.29 is 29.3 Å². The zero-order valence-electron chi connectivity index (χ0n) is 16.3. The number of hydrogen-bond acceptors (Lipinski definition) is 5. The van der Waals surface area contributed by atoms with Crippen LogP contribution in [0.1, 0.15) is 36.2 Å². The van der Waals surface area contributed by atoms with E-state index >= 15 is 0 Å². The Bertz CT molecular complexity index is 682. The summed E-state index contributed by atoms with van der Waals surface area (Å²) >= 11 is 0. The summed E-state index contributed by atoms with van der Waals surface area (Å²) in [5.41, 5.74) is 1.25. The first-order chi connectivity index (χ1) is 13.3. The molecule has 154 valence electrons. The Hall–Kier alpha value is -2.45. The topological polar surface area (TPSA) is 116 Å². The largest absolute Gasteiger partial charge is 0.480 e. The van der Waals surface area contributed by atoms with E-state index in [4.69, 9.17) is 4.74 Å². The minimum Gasteiger partial charge on any atom is -0.480 e. The summed E-state index contributed by atoms with van der Waals surface area (Å²) in [5.74, 6) is -2.13. The highest BCUT2D eigenvalue weighted by Gasteiger charge is 2.27. The van der Waals surface area contributed by atoms with E-state index in [0.29, 0.717) is 43.9 Å². The zero-order valence-corrected chi connectivity index (χ0v) is 16.3. The number of ether oxygens (including phenoxy) is 1. The molecule has 1 aromatic carbocycles. The molecular weight excluding hydrogens is 364 g/mol. The van der Waals surface area contributed by atoms with E-state index in [0.717, 1.165) is 0 Å². The zero-order chi connectivity index (χ0) is 20.7. The van der Waals surface area contributed by atoms with Crippen LogP contribution in [0.15, 0.2) is 24.3 Å². The third-order valence-electron chi connectivity index (χ3n) is 4.64. The average molecular weight is 392 g/mol. The van der Waals surface area contributed by atoms with Gasteiger partial charge in [-0.15, -0.1) is 0 Å². The van der Waals surface area contributed by atoms with Gasteiger partial charge in [0.2, 0.25) is 0 Å². The van der Waals surface area contributed by atoms with E-state index in [1.807, 2.05) is 13.8 Å². The highest BCUT2D eigenvalue weighted by molar-refractivity contribution is 5.94. The Morgan fingerprint density at radius 2 is 1.61 bits per heavy atom. The second-order valence-corrected chi connectivity index (χ2v) is 7.38. The fourth-order valence-electron chi connectivity index (χ4n) is 3.14. The van der Waals surface area contributed by atoms with Crippen molar-refractivity contribution in [2.24, 2.45) is 5.92 Å². The number of nitrogens with zero attached hydrogens (tertiary/aromatic N) is 1. The summed E-state index contributed by atoms with van der Waals surface area (Å²) in [5, 5.41) is 21.6. The van der Waals surface area contributed by atoms with E-state index < -0.39 is 24.0 Å². The lowest BCUT2D eigenvalue weighted by atomic mass is 10.00. The van der Waals surface area contributed by atoms with E-state index in [1.165, 1.54) is 0 Å². The van der Waals surface area contributed by atoms with Crippen molar-refractivity contribution in [3.8, 4) is 0 Å². The number of benzene rings is 1. The Morgan fingerprint density at radius 1 is 1.04 bits per heavy atom. The van der Waals surface area contributed by atoms with Crippen molar-refractivity contribution in [3.63, 3.8) is 0 Å². The van der Waals surface area contributed by atoms with Gasteiger partial charge in [0.25, 0.3) is 5.91 Å². The number of carboxylic acid groups (broad SMARTS) is 2. The van der Waals surface area contributed by atoms with E-state index in [9.17, 15) is 24.6 Å². The van der Waals surface area contributed by atoms with Crippen molar-refractivity contribution in [1.29, 1.82) is 0 Å². The lowest BCUT2D eigenvalue weighted by Gasteiger charge is -2.27. The average Bonchev–Trinajstić information content (AvgIpc) is 2.67. The van der Waals surface area contributed by atoms with Crippen molar-refractivity contribution in [1.82, 2.24) is 10.2 Å². The standard InChI is InChI=1S/C20H28N2O6/c1-13(2)11-16(19(24)25)21-17(20(26)27)12-14-3-5-15(6-4-14)18(23)22-7-9-28-10-8-22/h3-6,13,16-17,21H,7-12H2,1-2H3,(H,24,25)(H,26,27). The van der Waals surface area contributed by atoms with Crippen LogP contribution in [0.3, 0.4) is 0 Å². The second kappa shape index (κ2) is 10.2. The maximum Gasteiger partial charge on any atom is 0.321 e. The second-order valence-electron chi connectivity index (χ2n) is 7.38. The van der Waals surface area contributed by atoms with E-state index in [2.05, 4.69) is 5.32 Å². The number of nitrogens with one attached hydrogen (secondary N) is 1. The molecule has 0 bridgehead atoms. The third-order valence-corrected chi connectivity index (χ3v) is 4.64. The normalized spacial score (nSPS) is 16.6. The van der Waals surface area contributed by atoms with Crippen molar-refractivity contribution in [2.45, 2.75) is 38.8 Å². The van der Waals surface area contributed by atoms with Crippen LogP contribution in [0.4, 0.5) is 0 Å². The molecule has 1 fully saturated rings. The summed E-state index contributed by atoms with van der Waals surface area (Å²) in [6.07, 6.45) is 0.468. The molecule has 0 aromatic heterocycles. The summed E-state index contributed by atoms with van der Waals surface area (Å²) < 4.78 is 5.25. The van der Waals surface area contributed by atoms with Gasteiger partial charge in [0, 0.05) is 18.7 Å². The van der Waals surface area contributed by atoms with Crippen molar-refractivity contribution in [3.05, 3.63) is 35.4 Å². The fraction of sp³-hybridized carbons (Fsp3) is 0.550. The first-order valence-electron chi connectivity index (χ1n) is 9.45. The van der Waals surface area contributed by atoms with Gasteiger partial charge in [-0.2, -0.15) is 0 Å². The Labute approximate surface area is 164 Å². The van der Waals surface area contributed by atoms with Gasteiger partial charge >= 0.3 is 11.9 Å². The van der Waals surface area contributed by atoms with Crippen LogP contribution in [0.5, 0.6) is 0 Å². The Kier molecular flexibility index (Phi) is 7.95. The molecule has 8 heteroatoms. The first-order valence-corrected chi connectivity index (χ1v) is 9.45. The lowest BCUT2D eigenvalue weighted by molar-refractivity contribution is -0.142. The first kappa shape index (κ1) is 21.8. The number of carboxylic acids is 2. The third kappa shape index (κ3) is 6.31. The minimum atomic E-state index is -1.11. The quantitative estimate of drug-likeness (QED) is 0.579. The molecule has 2 rings (SSSR count). The van der Waals surface area contributed by atoms with Gasteiger partial charge in [-0.1, -0.05) is 26.0 Å². The van der Waals surface area contributed by atoms with Gasteiger partial charge in [0.1, 0.15) is 12.1 Å². The Balaban J connectivity index is 2.03. The molecule has 1 aromatic rings. The van der Waals surface area contributed by atoms with Gasteiger partial charge in [0.15, 0.2) is 0 Å². The summed E-state index contributed by atoms with van der Waals surface area (Å²) in [6, 6.07) is 4.82. The minimum absolute atomic E-state index is 0.0781. The lowest BCUT2D eigenvalue weighted by Crippen LogP contribution is -2.48. The predicted molar refractivity (Wildman–Crippen MR) is 102 cm³/mol. The molecule has 1 aliphatic heterocycles. The molecule has 2 unspecified atom stereocenters. The molecule has 8 nitrogen and oxygen atoms in total. The smallest absolute Gasteiger partial charge is 0.321 e. The van der Waals surface area contributed by atoms with E-state index in [-0.39, 0.29) is 18.2 Å². The van der Waals surface area contributed by atoms with Gasteiger partial charge in [-0.25, -0.2) is 0 Å². The van der Waals surface area contributed by atoms with Gasteiger partial charge in [-0.05, 0) is 36.5 Å². The molecule has 1 aliphatic rings. The van der Waals surface area contributed by atoms with Gasteiger partial charge in [0.05, 0.1) is 13.2 Å². The molecule has 1 heterocycles. The van der Waals surface area contributed by atoms with Gasteiger partial charge < -0.3 is 19.8 Å². The monoisotopic (exact) mass is 392 g/mol. The highest BCUT2D eigenvalue weighted by Crippen LogP contribution is 2.13. The predicted octanol–water partition coefficient (Wildman–Crippen LogP) is 1.24. The molecule has 0 aliphatic carbocycles. The number of aliphatic carboxylic acids is 2. The molecule has 1 saturated heterocycles. The maximum absolute atomic E-state index is 12.5. The highest BCUT2D eigenvalue weighted by atomic mass is 16.5. The number of amides is 1. The Morgan fingerprint density at radius 3 is 2.11 bits per heavy atom. The van der Waals surface area contributed by atoms with Crippen LogP contribution < -0.4 is 5.32 Å². The van der Waals surface area contributed by atoms with Crippen LogP contribution in [-0.4, -0.2) is 71.3 Å². The van der Waals surface area contributed by atoms with Crippen LogP contribution in [0.2, 0.25) is 0 Å². The summed E-state index contributed by atoms with van der Waals surface area (Å²) in [4.78, 5) is 37.2. The SMILES string of the molecule is CC(C)CC(NC(Cc1ccc(C(=O)N2CCOCC2)cc1)C(=O)O)C(=O)O. The summed E-state index contributed by atoms with van der Waals surface area (Å²) in [7, 11) is 0. The van der Waals surface area contributed by atoms with Crippen LogP contribution in [0, 0.1) is 5.92 Å². The number of hydrogen-bond donors (Lipinski definition) is 3. The molecular formula is C20H28N2O6. The number of carbonyl (C=O) groups excluding carboxylic acids is 1. The maximum atomic E-state index is 12.5. The number of morpholine rings is 1. The van der Waals surface area contributed by atoms with Crippen LogP contribution in [-0.2, 0) is 20.7 Å².